The molecule has 22 heavy (non-hydrogen) atoms. The van der Waals surface area contributed by atoms with Crippen LogP contribution in [0.2, 0.25) is 5.02 Å². The Morgan fingerprint density at radius 1 is 1.05 bits per heavy atom. The van der Waals surface area contributed by atoms with Crippen LogP contribution < -0.4 is 10.6 Å². The topological polar surface area (TPSA) is 49.8 Å². The molecule has 0 spiro atoms. The van der Waals surface area contributed by atoms with E-state index in [2.05, 4.69) is 26.7 Å². The van der Waals surface area contributed by atoms with Crippen LogP contribution in [0.5, 0.6) is 0 Å². The second kappa shape index (κ2) is 6.62. The number of hydrogen-bond donors (Lipinski definition) is 2. The highest BCUT2D eigenvalue weighted by molar-refractivity contribution is 6.30. The van der Waals surface area contributed by atoms with Crippen molar-refractivity contribution in [3.8, 4) is 0 Å². The monoisotopic (exact) mass is 312 g/mol. The van der Waals surface area contributed by atoms with Crippen LogP contribution in [-0.2, 0) is 6.42 Å². The zero-order chi connectivity index (χ0) is 15.4. The molecule has 1 aromatic heterocycles. The van der Waals surface area contributed by atoms with E-state index in [0.717, 1.165) is 40.4 Å². The van der Waals surface area contributed by atoms with Crippen molar-refractivity contribution >= 4 is 34.0 Å². The molecule has 0 aliphatic rings. The van der Waals surface area contributed by atoms with Gasteiger partial charge in [0, 0.05) is 29.7 Å². The van der Waals surface area contributed by atoms with Crippen molar-refractivity contribution in [1.82, 2.24) is 9.97 Å². The van der Waals surface area contributed by atoms with Crippen LogP contribution in [0.1, 0.15) is 5.56 Å². The summed E-state index contributed by atoms with van der Waals surface area (Å²) in [5, 5.41) is 8.31. The molecule has 0 aliphatic heterocycles. The van der Waals surface area contributed by atoms with E-state index >= 15 is 0 Å². The normalized spacial score (nSPS) is 10.6. The molecule has 5 heteroatoms. The van der Waals surface area contributed by atoms with Gasteiger partial charge in [-0.2, -0.15) is 0 Å². The van der Waals surface area contributed by atoms with Crippen LogP contribution in [0, 0.1) is 0 Å². The minimum Gasteiger partial charge on any atom is -0.388 e. The summed E-state index contributed by atoms with van der Waals surface area (Å²) in [5.74, 6) is 0.857. The number of anilines is 2. The molecule has 1 heterocycles. The fraction of sp³-hybridized carbons (Fsp3) is 0.176. The molecular weight excluding hydrogens is 296 g/mol. The molecule has 112 valence electrons. The van der Waals surface area contributed by atoms with Crippen molar-refractivity contribution in [2.45, 2.75) is 6.42 Å². The smallest absolute Gasteiger partial charge is 0.137 e. The first-order valence-electron chi connectivity index (χ1n) is 7.17. The minimum absolute atomic E-state index is 0.762. The third-order valence-electron chi connectivity index (χ3n) is 3.54. The number of fused-ring (bicyclic) bond motifs is 1. The molecule has 0 saturated carbocycles. The average molecular weight is 313 g/mol. The number of hydrogen-bond acceptors (Lipinski definition) is 4. The van der Waals surface area contributed by atoms with E-state index in [-0.39, 0.29) is 0 Å². The maximum atomic E-state index is 5.90. The Morgan fingerprint density at radius 3 is 2.64 bits per heavy atom. The number of aromatic nitrogens is 2. The molecule has 0 aliphatic carbocycles. The molecular formula is C17H17ClN4. The van der Waals surface area contributed by atoms with Gasteiger partial charge in [-0.15, -0.1) is 0 Å². The molecule has 4 nitrogen and oxygen atoms in total. The van der Waals surface area contributed by atoms with Gasteiger partial charge in [0.25, 0.3) is 0 Å². The second-order valence-electron chi connectivity index (χ2n) is 5.01. The summed E-state index contributed by atoms with van der Waals surface area (Å²) < 4.78 is 0. The lowest BCUT2D eigenvalue weighted by atomic mass is 10.1. The molecule has 0 saturated heterocycles. The number of benzene rings is 2. The molecule has 2 N–H and O–H groups in total. The van der Waals surface area contributed by atoms with Crippen molar-refractivity contribution in [1.29, 1.82) is 0 Å². The Hall–Kier alpha value is -2.33. The van der Waals surface area contributed by atoms with E-state index in [9.17, 15) is 0 Å². The van der Waals surface area contributed by atoms with Crippen LogP contribution in [0.4, 0.5) is 11.5 Å². The first kappa shape index (κ1) is 14.6. The van der Waals surface area contributed by atoms with Crippen molar-refractivity contribution in [2.24, 2.45) is 0 Å². The van der Waals surface area contributed by atoms with Crippen LogP contribution in [-0.4, -0.2) is 23.6 Å². The average Bonchev–Trinajstić information content (AvgIpc) is 2.56. The van der Waals surface area contributed by atoms with Crippen LogP contribution in [0.25, 0.3) is 10.9 Å². The van der Waals surface area contributed by atoms with Gasteiger partial charge in [0.05, 0.1) is 5.52 Å². The Kier molecular flexibility index (Phi) is 4.39. The maximum absolute atomic E-state index is 5.90. The molecule has 2 aromatic carbocycles. The molecule has 3 rings (SSSR count). The molecule has 0 unspecified atom stereocenters. The van der Waals surface area contributed by atoms with E-state index in [1.807, 2.05) is 43.4 Å². The minimum atomic E-state index is 0.762. The fourth-order valence-corrected chi connectivity index (χ4v) is 2.46. The highest BCUT2D eigenvalue weighted by atomic mass is 35.5. The molecule has 0 bridgehead atoms. The van der Waals surface area contributed by atoms with Gasteiger partial charge in [-0.25, -0.2) is 9.97 Å². The Bertz CT molecular complexity index is 771. The van der Waals surface area contributed by atoms with Crippen molar-refractivity contribution < 1.29 is 0 Å². The van der Waals surface area contributed by atoms with Crippen LogP contribution in [0.15, 0.2) is 48.8 Å². The van der Waals surface area contributed by atoms with Gasteiger partial charge in [-0.05, 0) is 42.3 Å². The van der Waals surface area contributed by atoms with E-state index in [4.69, 9.17) is 11.6 Å². The fourth-order valence-electron chi connectivity index (χ4n) is 2.33. The summed E-state index contributed by atoms with van der Waals surface area (Å²) in [5.41, 5.74) is 3.22. The lowest BCUT2D eigenvalue weighted by Gasteiger charge is -2.09. The van der Waals surface area contributed by atoms with Gasteiger partial charge in [0.15, 0.2) is 0 Å². The second-order valence-corrected chi connectivity index (χ2v) is 5.44. The van der Waals surface area contributed by atoms with E-state index in [0.29, 0.717) is 0 Å². The predicted octanol–water partition coefficient (Wildman–Crippen LogP) is 3.98. The predicted molar refractivity (Wildman–Crippen MR) is 92.7 cm³/mol. The van der Waals surface area contributed by atoms with Gasteiger partial charge in [-0.3, -0.25) is 0 Å². The number of halogens is 1. The lowest BCUT2D eigenvalue weighted by molar-refractivity contribution is 1.01. The van der Waals surface area contributed by atoms with Crippen LogP contribution >= 0.6 is 11.6 Å². The number of nitrogens with zero attached hydrogens (tertiary/aromatic N) is 2. The zero-order valence-electron chi connectivity index (χ0n) is 12.3. The van der Waals surface area contributed by atoms with Gasteiger partial charge in [0.2, 0.25) is 0 Å². The molecule has 0 fully saturated rings. The summed E-state index contributed by atoms with van der Waals surface area (Å²) >= 11 is 5.90. The molecule has 0 amide bonds. The Morgan fingerprint density at radius 2 is 1.86 bits per heavy atom. The Balaban J connectivity index is 1.74. The quantitative estimate of drug-likeness (QED) is 0.748. The van der Waals surface area contributed by atoms with E-state index in [1.54, 1.807) is 6.33 Å². The van der Waals surface area contributed by atoms with E-state index < -0.39 is 0 Å². The Labute approximate surface area is 134 Å². The van der Waals surface area contributed by atoms with Gasteiger partial charge in [0.1, 0.15) is 12.1 Å². The molecule has 3 aromatic rings. The first-order valence-corrected chi connectivity index (χ1v) is 7.55. The SMILES string of the molecule is CNc1ccc2ncnc(NCCc3ccc(Cl)cc3)c2c1. The zero-order valence-corrected chi connectivity index (χ0v) is 13.1. The lowest BCUT2D eigenvalue weighted by Crippen LogP contribution is -2.07. The summed E-state index contributed by atoms with van der Waals surface area (Å²) in [6, 6.07) is 14.0. The number of rotatable bonds is 5. The van der Waals surface area contributed by atoms with Crippen molar-refractivity contribution in [2.75, 3.05) is 24.2 Å². The van der Waals surface area contributed by atoms with Gasteiger partial charge in [-0.1, -0.05) is 23.7 Å². The van der Waals surface area contributed by atoms with Crippen molar-refractivity contribution in [3.05, 3.63) is 59.4 Å². The number of nitrogens with one attached hydrogen (secondary N) is 2. The summed E-state index contributed by atoms with van der Waals surface area (Å²) in [6.07, 6.45) is 2.50. The summed E-state index contributed by atoms with van der Waals surface area (Å²) in [4.78, 5) is 8.66. The highest BCUT2D eigenvalue weighted by Gasteiger charge is 2.04. The first-order chi connectivity index (χ1) is 10.8. The highest BCUT2D eigenvalue weighted by Crippen LogP contribution is 2.22. The van der Waals surface area contributed by atoms with Crippen LogP contribution in [0.3, 0.4) is 0 Å². The summed E-state index contributed by atoms with van der Waals surface area (Å²) in [7, 11) is 1.90. The largest absolute Gasteiger partial charge is 0.388 e. The van der Waals surface area contributed by atoms with E-state index in [1.165, 1.54) is 5.56 Å². The summed E-state index contributed by atoms with van der Waals surface area (Å²) in [6.45, 7) is 0.803. The van der Waals surface area contributed by atoms with Crippen molar-refractivity contribution in [3.63, 3.8) is 0 Å². The third-order valence-corrected chi connectivity index (χ3v) is 3.80. The molecule has 0 atom stereocenters. The third kappa shape index (κ3) is 3.28. The molecule has 0 radical (unpaired) electrons. The van der Waals surface area contributed by atoms with Gasteiger partial charge < -0.3 is 10.6 Å². The maximum Gasteiger partial charge on any atom is 0.137 e. The van der Waals surface area contributed by atoms with Gasteiger partial charge >= 0.3 is 0 Å². The standard InChI is InChI=1S/C17H17ClN4/c1-19-14-6-7-16-15(10-14)17(22-11-21-16)20-9-8-12-2-4-13(18)5-3-12/h2-7,10-11,19H,8-9H2,1H3,(H,20,21,22).